The summed E-state index contributed by atoms with van der Waals surface area (Å²) in [5.41, 5.74) is 2.09. The van der Waals surface area contributed by atoms with Crippen molar-refractivity contribution in [2.45, 2.75) is 0 Å². The summed E-state index contributed by atoms with van der Waals surface area (Å²) in [6.45, 7) is 0. The maximum atomic E-state index is 5.63. The summed E-state index contributed by atoms with van der Waals surface area (Å²) in [4.78, 5) is 0. The monoisotopic (exact) mass is 380 g/mol. The van der Waals surface area contributed by atoms with E-state index in [2.05, 4.69) is 60.7 Å². The van der Waals surface area contributed by atoms with Crippen LogP contribution < -0.4 is 20.7 Å². The predicted octanol–water partition coefficient (Wildman–Crippen LogP) is 4.15. The Morgan fingerprint density at radius 3 is 1.64 bits per heavy atom. The van der Waals surface area contributed by atoms with Crippen LogP contribution in [0.2, 0.25) is 0 Å². The highest BCUT2D eigenvalue weighted by molar-refractivity contribution is 7.80. The van der Waals surface area contributed by atoms with Crippen molar-refractivity contribution >= 4 is 59.0 Å². The highest BCUT2D eigenvalue weighted by atomic mass is 32.1. The van der Waals surface area contributed by atoms with E-state index in [0.29, 0.717) is 0 Å². The fraction of sp³-hybridized carbons (Fsp3) is 0.0476. The topological polar surface area (TPSA) is 9.23 Å². The molecule has 0 fully saturated rings. The molecule has 3 aromatic carbocycles. The second kappa shape index (κ2) is 8.44. The first-order chi connectivity index (χ1) is 12.3. The van der Waals surface area contributed by atoms with E-state index in [4.69, 9.17) is 29.2 Å². The van der Waals surface area contributed by atoms with Gasteiger partial charge in [0.1, 0.15) is 5.75 Å². The van der Waals surface area contributed by atoms with Crippen molar-refractivity contribution in [3.8, 4) is 5.75 Å². The molecule has 0 saturated heterocycles. The zero-order valence-corrected chi connectivity index (χ0v) is 16.3. The zero-order chi connectivity index (χ0) is 17.6. The van der Waals surface area contributed by atoms with Gasteiger partial charge in [-0.25, -0.2) is 0 Å². The van der Waals surface area contributed by atoms with Gasteiger partial charge in [0.2, 0.25) is 0 Å². The fourth-order valence-electron chi connectivity index (χ4n) is 2.65. The quantitative estimate of drug-likeness (QED) is 0.470. The van der Waals surface area contributed by atoms with Gasteiger partial charge < -0.3 is 4.74 Å². The van der Waals surface area contributed by atoms with Crippen molar-refractivity contribution in [3.63, 3.8) is 0 Å². The van der Waals surface area contributed by atoms with E-state index in [1.54, 1.807) is 17.8 Å². The Bertz CT molecular complexity index is 822. The molecule has 4 heteroatoms. The van der Waals surface area contributed by atoms with Gasteiger partial charge in [-0.15, -0.1) is 0 Å². The second-order valence-corrected chi connectivity index (χ2v) is 8.08. The molecule has 0 N–H and O–H groups in total. The molecule has 3 aromatic rings. The molecule has 0 radical (unpaired) electrons. The molecular weight excluding hydrogens is 363 g/mol. The van der Waals surface area contributed by atoms with Crippen molar-refractivity contribution in [1.82, 2.24) is 0 Å². The Morgan fingerprint density at radius 1 is 0.720 bits per heavy atom. The molecule has 0 atom stereocenters. The molecule has 25 heavy (non-hydrogen) atoms. The van der Waals surface area contributed by atoms with Crippen molar-refractivity contribution in [2.24, 2.45) is 0 Å². The summed E-state index contributed by atoms with van der Waals surface area (Å²) in [6, 6.07) is 25.1. The van der Waals surface area contributed by atoms with Gasteiger partial charge in [0.05, 0.1) is 7.11 Å². The Kier molecular flexibility index (Phi) is 6.04. The van der Waals surface area contributed by atoms with Gasteiger partial charge in [0.15, 0.2) is 0 Å². The van der Waals surface area contributed by atoms with Crippen LogP contribution >= 0.6 is 32.4 Å². The average Bonchev–Trinajstić information content (AvgIpc) is 2.69. The summed E-state index contributed by atoms with van der Waals surface area (Å²) >= 11 is 10.1. The third-order valence-corrected chi connectivity index (χ3v) is 6.93. The number of rotatable bonds is 6. The van der Waals surface area contributed by atoms with E-state index in [-0.39, 0.29) is 0 Å². The predicted molar refractivity (Wildman–Crippen MR) is 117 cm³/mol. The lowest BCUT2D eigenvalue weighted by molar-refractivity contribution is 0.418. The first kappa shape index (κ1) is 17.9. The van der Waals surface area contributed by atoms with E-state index < -0.39 is 7.92 Å². The highest BCUT2D eigenvalue weighted by Crippen LogP contribution is 2.36. The number of hydrogen-bond donors (Lipinski definition) is 0. The number of methoxy groups -OCH3 is 1. The molecular formula is C21H17OPS2. The fourth-order valence-corrected chi connectivity index (χ4v) is 5.33. The van der Waals surface area contributed by atoms with E-state index >= 15 is 0 Å². The number of benzene rings is 3. The van der Waals surface area contributed by atoms with Crippen LogP contribution in [0.1, 0.15) is 11.1 Å². The molecule has 0 saturated carbocycles. The summed E-state index contributed by atoms with van der Waals surface area (Å²) < 4.78 is 5.63. The van der Waals surface area contributed by atoms with Gasteiger partial charge in [-0.1, -0.05) is 91.2 Å². The summed E-state index contributed by atoms with van der Waals surface area (Å²) in [7, 11) is 0.991. The Balaban J connectivity index is 2.15. The molecule has 0 spiro atoms. The highest BCUT2D eigenvalue weighted by Gasteiger charge is 2.20. The number of ether oxygens (including phenoxy) is 1. The Hall–Kier alpha value is -1.93. The third kappa shape index (κ3) is 4.01. The van der Waals surface area contributed by atoms with E-state index in [1.807, 2.05) is 12.1 Å². The van der Waals surface area contributed by atoms with Crippen LogP contribution in [-0.2, 0) is 0 Å². The first-order valence-corrected chi connectivity index (χ1v) is 10.1. The lowest BCUT2D eigenvalue weighted by Crippen LogP contribution is -2.22. The lowest BCUT2D eigenvalue weighted by atomic mass is 10.2. The van der Waals surface area contributed by atoms with E-state index in [1.165, 1.54) is 15.9 Å². The molecule has 0 aromatic heterocycles. The van der Waals surface area contributed by atoms with Gasteiger partial charge >= 0.3 is 0 Å². The molecule has 0 aliphatic heterocycles. The van der Waals surface area contributed by atoms with Crippen molar-refractivity contribution in [1.29, 1.82) is 0 Å². The molecule has 124 valence electrons. The van der Waals surface area contributed by atoms with Crippen LogP contribution in [0.15, 0.2) is 72.8 Å². The summed E-state index contributed by atoms with van der Waals surface area (Å²) in [5, 5.41) is 7.11. The summed E-state index contributed by atoms with van der Waals surface area (Å²) in [5.74, 6) is 0.909. The summed E-state index contributed by atoms with van der Waals surface area (Å²) in [6.07, 6.45) is 0. The second-order valence-electron chi connectivity index (χ2n) is 5.43. The minimum Gasteiger partial charge on any atom is -0.496 e. The van der Waals surface area contributed by atoms with Crippen LogP contribution in [0.4, 0.5) is 0 Å². The van der Waals surface area contributed by atoms with E-state index in [0.717, 1.165) is 16.9 Å². The third-order valence-electron chi connectivity index (χ3n) is 3.90. The largest absolute Gasteiger partial charge is 0.496 e. The average molecular weight is 380 g/mol. The maximum Gasteiger partial charge on any atom is 0.127 e. The normalized spacial score (nSPS) is 10.5. The smallest absolute Gasteiger partial charge is 0.127 e. The number of para-hydroxylation sites is 1. The van der Waals surface area contributed by atoms with E-state index in [9.17, 15) is 0 Å². The first-order valence-electron chi connectivity index (χ1n) is 7.80. The van der Waals surface area contributed by atoms with Crippen molar-refractivity contribution in [3.05, 3.63) is 83.9 Å². The Morgan fingerprint density at radius 2 is 1.20 bits per heavy atom. The standard InChI is InChI=1S/C21H17OPS2/c1-22-20-4-2-3-5-21(20)23(18-10-6-16(14-24)7-11-18)19-12-8-17(15-25)9-13-19/h2-15H,1H3. The van der Waals surface area contributed by atoms with Crippen molar-refractivity contribution in [2.75, 3.05) is 7.11 Å². The number of thiocarbonyl (C=S) groups is 2. The van der Waals surface area contributed by atoms with Crippen LogP contribution in [0.3, 0.4) is 0 Å². The molecule has 1 nitrogen and oxygen atoms in total. The Labute approximate surface area is 160 Å². The SMILES string of the molecule is COc1ccccc1P(c1ccc(C=S)cc1)c1ccc(C=S)cc1. The number of hydrogen-bond acceptors (Lipinski definition) is 3. The molecule has 0 aliphatic rings. The van der Waals surface area contributed by atoms with Gasteiger partial charge in [0.25, 0.3) is 0 Å². The maximum absolute atomic E-state index is 5.63. The van der Waals surface area contributed by atoms with Crippen LogP contribution in [0.5, 0.6) is 5.75 Å². The van der Waals surface area contributed by atoms with Gasteiger partial charge in [-0.05, 0) is 35.7 Å². The molecule has 0 heterocycles. The minimum absolute atomic E-state index is 0.728. The van der Waals surface area contributed by atoms with Crippen LogP contribution in [-0.4, -0.2) is 17.8 Å². The van der Waals surface area contributed by atoms with Crippen LogP contribution in [0, 0.1) is 0 Å². The zero-order valence-electron chi connectivity index (χ0n) is 13.8. The molecule has 0 aliphatic carbocycles. The molecule has 0 amide bonds. The van der Waals surface area contributed by atoms with Crippen LogP contribution in [0.25, 0.3) is 0 Å². The van der Waals surface area contributed by atoms with Gasteiger partial charge in [0, 0.05) is 16.0 Å². The van der Waals surface area contributed by atoms with Gasteiger partial charge in [-0.3, -0.25) is 0 Å². The van der Waals surface area contributed by atoms with Crippen molar-refractivity contribution < 1.29 is 4.74 Å². The molecule has 0 unspecified atom stereocenters. The molecule has 3 rings (SSSR count). The lowest BCUT2D eigenvalue weighted by Gasteiger charge is -2.21. The molecule has 0 bridgehead atoms. The minimum atomic E-state index is -0.728. The van der Waals surface area contributed by atoms with Gasteiger partial charge in [-0.2, -0.15) is 0 Å².